The van der Waals surface area contributed by atoms with Crippen LogP contribution in [0, 0.1) is 0 Å². The summed E-state index contributed by atoms with van der Waals surface area (Å²) in [5.41, 5.74) is 1.71. The quantitative estimate of drug-likeness (QED) is 0.660. The summed E-state index contributed by atoms with van der Waals surface area (Å²) in [7, 11) is 0. The predicted molar refractivity (Wildman–Crippen MR) is 62.5 cm³/mol. The van der Waals surface area contributed by atoms with Gasteiger partial charge in [-0.25, -0.2) is 9.78 Å². The zero-order valence-electron chi connectivity index (χ0n) is 10.3. The lowest BCUT2D eigenvalue weighted by molar-refractivity contribution is -0.513. The molecule has 3 atom stereocenters. The van der Waals surface area contributed by atoms with Crippen LogP contribution in [-0.2, 0) is 31.5 Å². The minimum Gasteiger partial charge on any atom is -0.370 e. The third-order valence-electron chi connectivity index (χ3n) is 4.25. The average Bonchev–Trinajstić information content (AvgIpc) is 2.65. The van der Waals surface area contributed by atoms with Crippen LogP contribution in [0.5, 0.6) is 0 Å². The lowest BCUT2D eigenvalue weighted by Crippen LogP contribution is -2.53. The number of benzene rings is 1. The first-order valence-corrected chi connectivity index (χ1v) is 6.43. The van der Waals surface area contributed by atoms with Gasteiger partial charge in [0.2, 0.25) is 0 Å². The van der Waals surface area contributed by atoms with Gasteiger partial charge in [0.1, 0.15) is 0 Å². The van der Waals surface area contributed by atoms with Crippen LogP contribution >= 0.6 is 0 Å². The summed E-state index contributed by atoms with van der Waals surface area (Å²) >= 11 is 0. The van der Waals surface area contributed by atoms with Crippen LogP contribution in [0.1, 0.15) is 30.9 Å². The lowest BCUT2D eigenvalue weighted by Gasteiger charge is -2.45. The molecule has 5 rings (SSSR count). The second kappa shape index (κ2) is 3.54. The molecule has 4 aliphatic rings. The molecule has 3 fully saturated rings. The van der Waals surface area contributed by atoms with Gasteiger partial charge in [-0.2, -0.15) is 0 Å². The Bertz CT molecular complexity index is 476. The van der Waals surface area contributed by atoms with Gasteiger partial charge in [0.15, 0.2) is 11.4 Å². The Morgan fingerprint density at radius 1 is 1.22 bits per heavy atom. The molecule has 18 heavy (non-hydrogen) atoms. The van der Waals surface area contributed by atoms with Gasteiger partial charge in [-0.15, -0.1) is 0 Å². The maximum Gasteiger partial charge on any atom is 0.198 e. The Morgan fingerprint density at radius 2 is 2.11 bits per heavy atom. The van der Waals surface area contributed by atoms with Crippen molar-refractivity contribution >= 4 is 0 Å². The minimum atomic E-state index is -0.624. The molecule has 0 N–H and O–H groups in total. The van der Waals surface area contributed by atoms with E-state index in [9.17, 15) is 0 Å². The van der Waals surface area contributed by atoms with Crippen LogP contribution in [0.3, 0.4) is 0 Å². The molecule has 0 radical (unpaired) electrons. The van der Waals surface area contributed by atoms with Crippen molar-refractivity contribution in [3.8, 4) is 0 Å². The highest BCUT2D eigenvalue weighted by atomic mass is 17.3. The number of hydrogen-bond acceptors (Lipinski definition) is 4. The van der Waals surface area contributed by atoms with E-state index >= 15 is 0 Å². The van der Waals surface area contributed by atoms with E-state index in [0.29, 0.717) is 13.2 Å². The summed E-state index contributed by atoms with van der Waals surface area (Å²) in [6, 6.07) is 8.20. The first-order chi connectivity index (χ1) is 8.72. The maximum absolute atomic E-state index is 5.97. The first-order valence-electron chi connectivity index (χ1n) is 6.43. The Kier molecular flexibility index (Phi) is 2.15. The van der Waals surface area contributed by atoms with Gasteiger partial charge in [-0.1, -0.05) is 24.3 Å². The molecule has 96 valence electrons. The third kappa shape index (κ3) is 1.34. The van der Waals surface area contributed by atoms with Crippen LogP contribution in [0.2, 0.25) is 0 Å². The van der Waals surface area contributed by atoms with Crippen LogP contribution in [0.4, 0.5) is 0 Å². The molecule has 0 aromatic heterocycles. The van der Waals surface area contributed by atoms with Gasteiger partial charge in [0.25, 0.3) is 0 Å². The molecule has 0 unspecified atom stereocenters. The fourth-order valence-corrected chi connectivity index (χ4v) is 3.12. The fourth-order valence-electron chi connectivity index (χ4n) is 3.12. The van der Waals surface area contributed by atoms with E-state index in [2.05, 4.69) is 12.1 Å². The topological polar surface area (TPSA) is 36.9 Å². The molecule has 4 heterocycles. The average molecular weight is 248 g/mol. The van der Waals surface area contributed by atoms with Gasteiger partial charge >= 0.3 is 0 Å². The summed E-state index contributed by atoms with van der Waals surface area (Å²) in [5, 5.41) is 0. The van der Waals surface area contributed by atoms with E-state index in [1.54, 1.807) is 0 Å². The SMILES string of the molecule is C[C@]12CC[C@@H]3OCc4ccccc4[C@@]3(CO1)OO2. The molecule has 3 saturated heterocycles. The lowest BCUT2D eigenvalue weighted by atomic mass is 9.82. The zero-order valence-corrected chi connectivity index (χ0v) is 10.3. The number of ether oxygens (including phenoxy) is 2. The molecule has 4 heteroatoms. The molecule has 1 aromatic rings. The summed E-state index contributed by atoms with van der Waals surface area (Å²) in [4.78, 5) is 11.3. The van der Waals surface area contributed by atoms with Gasteiger partial charge in [0.05, 0.1) is 19.3 Å². The van der Waals surface area contributed by atoms with Crippen molar-refractivity contribution in [2.75, 3.05) is 6.61 Å². The molecule has 1 spiro atoms. The van der Waals surface area contributed by atoms with Crippen LogP contribution in [0.25, 0.3) is 0 Å². The predicted octanol–water partition coefficient (Wildman–Crippen LogP) is 2.27. The number of fused-ring (bicyclic) bond motifs is 4. The maximum atomic E-state index is 5.97. The summed E-state index contributed by atoms with van der Waals surface area (Å²) in [6.45, 7) is 3.05. The van der Waals surface area contributed by atoms with Gasteiger partial charge < -0.3 is 9.47 Å². The summed E-state index contributed by atoms with van der Waals surface area (Å²) in [5.74, 6) is -0.624. The standard InChI is InChI=1S/C14H16O4/c1-13-7-6-12-14(9-16-13,18-17-13)11-5-3-2-4-10(11)8-15-12/h2-5,12H,6-9H2,1H3/t12-,13-,14+/m0/s1. The van der Waals surface area contributed by atoms with E-state index in [1.807, 2.05) is 19.1 Å². The van der Waals surface area contributed by atoms with E-state index in [-0.39, 0.29) is 6.10 Å². The Hall–Kier alpha value is -0.940. The zero-order chi connectivity index (χ0) is 12.2. The van der Waals surface area contributed by atoms with E-state index in [4.69, 9.17) is 19.2 Å². The highest BCUT2D eigenvalue weighted by Gasteiger charge is 2.56. The van der Waals surface area contributed by atoms with Crippen molar-refractivity contribution in [2.45, 2.75) is 43.9 Å². The highest BCUT2D eigenvalue weighted by molar-refractivity contribution is 5.35. The Balaban J connectivity index is 1.85. The second-order valence-corrected chi connectivity index (χ2v) is 5.47. The van der Waals surface area contributed by atoms with Gasteiger partial charge in [-0.05, 0) is 24.5 Å². The number of rotatable bonds is 0. The van der Waals surface area contributed by atoms with E-state index in [1.165, 1.54) is 0 Å². The molecule has 4 aliphatic heterocycles. The summed E-state index contributed by atoms with van der Waals surface area (Å²) < 4.78 is 11.8. The molecule has 0 amide bonds. The van der Waals surface area contributed by atoms with Crippen molar-refractivity contribution in [2.24, 2.45) is 0 Å². The monoisotopic (exact) mass is 248 g/mol. The van der Waals surface area contributed by atoms with Crippen LogP contribution < -0.4 is 0 Å². The third-order valence-corrected chi connectivity index (χ3v) is 4.25. The van der Waals surface area contributed by atoms with Gasteiger partial charge in [-0.3, -0.25) is 0 Å². The van der Waals surface area contributed by atoms with E-state index in [0.717, 1.165) is 24.0 Å². The molecular weight excluding hydrogens is 232 g/mol. The van der Waals surface area contributed by atoms with E-state index < -0.39 is 11.4 Å². The van der Waals surface area contributed by atoms with Crippen molar-refractivity contribution in [3.63, 3.8) is 0 Å². The normalized spacial score (nSPS) is 41.9. The van der Waals surface area contributed by atoms with Crippen molar-refractivity contribution < 1.29 is 19.2 Å². The van der Waals surface area contributed by atoms with Crippen molar-refractivity contribution in [1.29, 1.82) is 0 Å². The fraction of sp³-hybridized carbons (Fsp3) is 0.571. The Labute approximate surface area is 106 Å². The molecule has 0 saturated carbocycles. The molecule has 0 aliphatic carbocycles. The molecule has 2 bridgehead atoms. The largest absolute Gasteiger partial charge is 0.370 e. The second-order valence-electron chi connectivity index (χ2n) is 5.47. The Morgan fingerprint density at radius 3 is 2.94 bits per heavy atom. The van der Waals surface area contributed by atoms with Crippen molar-refractivity contribution in [3.05, 3.63) is 35.4 Å². The molecular formula is C14H16O4. The first kappa shape index (κ1) is 10.9. The minimum absolute atomic E-state index is 0.0109. The highest BCUT2D eigenvalue weighted by Crippen LogP contribution is 2.48. The van der Waals surface area contributed by atoms with Crippen LogP contribution in [-0.4, -0.2) is 18.5 Å². The summed E-state index contributed by atoms with van der Waals surface area (Å²) in [6.07, 6.45) is 1.70. The van der Waals surface area contributed by atoms with Gasteiger partial charge in [0, 0.05) is 6.42 Å². The van der Waals surface area contributed by atoms with Crippen molar-refractivity contribution in [1.82, 2.24) is 0 Å². The molecule has 1 aromatic carbocycles. The van der Waals surface area contributed by atoms with Crippen LogP contribution in [0.15, 0.2) is 24.3 Å². The smallest absolute Gasteiger partial charge is 0.198 e. The molecule has 4 nitrogen and oxygen atoms in total. The number of hydrogen-bond donors (Lipinski definition) is 0.